The molecule has 1 aromatic heterocycles. The fourth-order valence-corrected chi connectivity index (χ4v) is 2.86. The third kappa shape index (κ3) is 2.49. The SMILES string of the molecule is CCCc1nn(C)c2c1NC(=O)CN2c1cccc(Cl)c1. The zero-order valence-electron chi connectivity index (χ0n) is 12.1. The van der Waals surface area contributed by atoms with Gasteiger partial charge in [-0.15, -0.1) is 0 Å². The van der Waals surface area contributed by atoms with Crippen molar-refractivity contribution in [3.05, 3.63) is 35.0 Å². The standard InChI is InChI=1S/C15H17ClN4O/c1-3-5-12-14-15(19(2)18-12)20(9-13(21)17-14)11-7-4-6-10(16)8-11/h4,6-8H,3,5,9H2,1-2H3,(H,17,21). The average Bonchev–Trinajstić information content (AvgIpc) is 2.75. The Hall–Kier alpha value is -2.01. The van der Waals surface area contributed by atoms with Gasteiger partial charge < -0.3 is 10.2 Å². The average molecular weight is 305 g/mol. The number of aryl methyl sites for hydroxylation is 2. The number of carbonyl (C=O) groups is 1. The van der Waals surface area contributed by atoms with Crippen LogP contribution in [0, 0.1) is 0 Å². The van der Waals surface area contributed by atoms with Crippen LogP contribution >= 0.6 is 11.6 Å². The van der Waals surface area contributed by atoms with Gasteiger partial charge in [0.25, 0.3) is 0 Å². The second kappa shape index (κ2) is 5.41. The third-order valence-corrected chi connectivity index (χ3v) is 3.75. The van der Waals surface area contributed by atoms with Crippen molar-refractivity contribution in [3.8, 4) is 0 Å². The van der Waals surface area contributed by atoms with E-state index in [9.17, 15) is 4.79 Å². The van der Waals surface area contributed by atoms with E-state index in [0.29, 0.717) is 5.02 Å². The Kier molecular flexibility index (Phi) is 3.59. The number of amides is 1. The van der Waals surface area contributed by atoms with Crippen LogP contribution < -0.4 is 10.2 Å². The quantitative estimate of drug-likeness (QED) is 0.948. The van der Waals surface area contributed by atoms with Crippen molar-refractivity contribution in [2.45, 2.75) is 19.8 Å². The monoisotopic (exact) mass is 304 g/mol. The molecule has 0 fully saturated rings. The van der Waals surface area contributed by atoms with Crippen molar-refractivity contribution in [2.24, 2.45) is 7.05 Å². The summed E-state index contributed by atoms with van der Waals surface area (Å²) in [7, 11) is 1.90. The summed E-state index contributed by atoms with van der Waals surface area (Å²) in [5.74, 6) is 0.869. The number of nitrogens with zero attached hydrogens (tertiary/aromatic N) is 3. The maximum absolute atomic E-state index is 12.0. The van der Waals surface area contributed by atoms with Gasteiger partial charge in [0.05, 0.1) is 5.69 Å². The van der Waals surface area contributed by atoms with Gasteiger partial charge in [0.2, 0.25) is 5.91 Å². The molecule has 0 saturated carbocycles. The predicted octanol–water partition coefficient (Wildman–Crippen LogP) is 3.12. The number of fused-ring (bicyclic) bond motifs is 1. The third-order valence-electron chi connectivity index (χ3n) is 3.52. The van der Waals surface area contributed by atoms with E-state index in [2.05, 4.69) is 17.3 Å². The number of rotatable bonds is 3. The molecule has 0 spiro atoms. The van der Waals surface area contributed by atoms with Crippen molar-refractivity contribution < 1.29 is 4.79 Å². The van der Waals surface area contributed by atoms with Gasteiger partial charge in [-0.3, -0.25) is 9.48 Å². The van der Waals surface area contributed by atoms with Crippen LogP contribution in [-0.2, 0) is 18.3 Å². The molecule has 0 radical (unpaired) electrons. The minimum atomic E-state index is -0.0344. The lowest BCUT2D eigenvalue weighted by Crippen LogP contribution is -2.36. The summed E-state index contributed by atoms with van der Waals surface area (Å²) < 4.78 is 1.82. The van der Waals surface area contributed by atoms with Gasteiger partial charge >= 0.3 is 0 Å². The van der Waals surface area contributed by atoms with Gasteiger partial charge in [-0.05, 0) is 24.6 Å². The molecule has 1 aliphatic rings. The molecule has 1 aliphatic heterocycles. The van der Waals surface area contributed by atoms with E-state index in [0.717, 1.165) is 35.7 Å². The fourth-order valence-electron chi connectivity index (χ4n) is 2.67. The minimum Gasteiger partial charge on any atom is -0.320 e. The fraction of sp³-hybridized carbons (Fsp3) is 0.333. The lowest BCUT2D eigenvalue weighted by molar-refractivity contribution is -0.115. The molecule has 0 aliphatic carbocycles. The van der Waals surface area contributed by atoms with Crippen LogP contribution in [-0.4, -0.2) is 22.2 Å². The topological polar surface area (TPSA) is 50.2 Å². The summed E-state index contributed by atoms with van der Waals surface area (Å²) in [6, 6.07) is 7.51. The maximum Gasteiger partial charge on any atom is 0.244 e. The highest BCUT2D eigenvalue weighted by Gasteiger charge is 2.29. The van der Waals surface area contributed by atoms with E-state index in [4.69, 9.17) is 11.6 Å². The normalized spacial score (nSPS) is 14.0. The van der Waals surface area contributed by atoms with E-state index in [1.54, 1.807) is 0 Å². The lowest BCUT2D eigenvalue weighted by Gasteiger charge is -2.29. The van der Waals surface area contributed by atoms with Gasteiger partial charge in [-0.2, -0.15) is 5.10 Å². The molecule has 1 amide bonds. The van der Waals surface area contributed by atoms with Gasteiger partial charge in [0.15, 0.2) is 5.82 Å². The predicted molar refractivity (Wildman–Crippen MR) is 84.3 cm³/mol. The molecule has 1 N–H and O–H groups in total. The number of halogens is 1. The molecule has 0 atom stereocenters. The summed E-state index contributed by atoms with van der Waals surface area (Å²) in [6.45, 7) is 2.36. The number of aromatic nitrogens is 2. The Morgan fingerprint density at radius 2 is 2.24 bits per heavy atom. The number of hydrogen-bond donors (Lipinski definition) is 1. The van der Waals surface area contributed by atoms with Crippen LogP contribution in [0.5, 0.6) is 0 Å². The van der Waals surface area contributed by atoms with Crippen molar-refractivity contribution in [2.75, 3.05) is 16.8 Å². The second-order valence-electron chi connectivity index (χ2n) is 5.13. The van der Waals surface area contributed by atoms with Crippen LogP contribution in [0.2, 0.25) is 5.02 Å². The summed E-state index contributed by atoms with van der Waals surface area (Å²) in [6.07, 6.45) is 1.82. The van der Waals surface area contributed by atoms with E-state index in [-0.39, 0.29) is 12.5 Å². The van der Waals surface area contributed by atoms with Gasteiger partial charge in [-0.1, -0.05) is 31.0 Å². The number of nitrogens with one attached hydrogen (secondary N) is 1. The van der Waals surface area contributed by atoms with Crippen LogP contribution in [0.15, 0.2) is 24.3 Å². The zero-order chi connectivity index (χ0) is 15.0. The van der Waals surface area contributed by atoms with Crippen LogP contribution in [0.3, 0.4) is 0 Å². The molecule has 6 heteroatoms. The maximum atomic E-state index is 12.0. The molecule has 0 saturated heterocycles. The van der Waals surface area contributed by atoms with Crippen molar-refractivity contribution in [1.82, 2.24) is 9.78 Å². The first-order valence-electron chi connectivity index (χ1n) is 6.99. The highest BCUT2D eigenvalue weighted by molar-refractivity contribution is 6.30. The second-order valence-corrected chi connectivity index (χ2v) is 5.57. The van der Waals surface area contributed by atoms with Crippen molar-refractivity contribution in [1.29, 1.82) is 0 Å². The van der Waals surface area contributed by atoms with E-state index < -0.39 is 0 Å². The summed E-state index contributed by atoms with van der Waals surface area (Å²) in [5, 5.41) is 8.14. The minimum absolute atomic E-state index is 0.0344. The highest BCUT2D eigenvalue weighted by atomic mass is 35.5. The number of carbonyl (C=O) groups excluding carboxylic acids is 1. The van der Waals surface area contributed by atoms with Crippen molar-refractivity contribution >= 4 is 34.7 Å². The smallest absolute Gasteiger partial charge is 0.244 e. The molecule has 1 aromatic carbocycles. The molecular formula is C15H17ClN4O. The first kappa shape index (κ1) is 13.9. The Morgan fingerprint density at radius 3 is 2.95 bits per heavy atom. The van der Waals surface area contributed by atoms with Gasteiger partial charge in [0, 0.05) is 17.8 Å². The first-order chi connectivity index (χ1) is 10.1. The molecule has 0 bridgehead atoms. The summed E-state index contributed by atoms with van der Waals surface area (Å²) in [4.78, 5) is 14.0. The largest absolute Gasteiger partial charge is 0.320 e. The zero-order valence-corrected chi connectivity index (χ0v) is 12.8. The van der Waals surface area contributed by atoms with Gasteiger partial charge in [-0.25, -0.2) is 0 Å². The summed E-state index contributed by atoms with van der Waals surface area (Å²) in [5.41, 5.74) is 2.63. The molecular weight excluding hydrogens is 288 g/mol. The highest BCUT2D eigenvalue weighted by Crippen LogP contribution is 2.37. The molecule has 2 heterocycles. The number of anilines is 3. The Balaban J connectivity index is 2.11. The Labute approximate surface area is 128 Å². The number of benzene rings is 1. The van der Waals surface area contributed by atoms with Crippen LogP contribution in [0.1, 0.15) is 19.0 Å². The van der Waals surface area contributed by atoms with Gasteiger partial charge in [0.1, 0.15) is 12.2 Å². The van der Waals surface area contributed by atoms with Crippen LogP contribution in [0.25, 0.3) is 0 Å². The van der Waals surface area contributed by atoms with E-state index in [1.807, 2.05) is 40.9 Å². The van der Waals surface area contributed by atoms with E-state index >= 15 is 0 Å². The molecule has 2 aromatic rings. The van der Waals surface area contributed by atoms with Crippen LogP contribution in [0.4, 0.5) is 17.2 Å². The molecule has 110 valence electrons. The molecule has 3 rings (SSSR count). The van der Waals surface area contributed by atoms with E-state index in [1.165, 1.54) is 0 Å². The molecule has 5 nitrogen and oxygen atoms in total. The first-order valence-corrected chi connectivity index (χ1v) is 7.36. The van der Waals surface area contributed by atoms with Crippen molar-refractivity contribution in [3.63, 3.8) is 0 Å². The molecule has 21 heavy (non-hydrogen) atoms. The Bertz CT molecular complexity index is 695. The number of hydrogen-bond acceptors (Lipinski definition) is 3. The lowest BCUT2D eigenvalue weighted by atomic mass is 10.2. The summed E-state index contributed by atoms with van der Waals surface area (Å²) >= 11 is 6.07. The Morgan fingerprint density at radius 1 is 1.43 bits per heavy atom. The molecule has 0 unspecified atom stereocenters.